The predicted octanol–water partition coefficient (Wildman–Crippen LogP) is 2.18. The zero-order chi connectivity index (χ0) is 9.26. The van der Waals surface area contributed by atoms with Crippen molar-refractivity contribution < 1.29 is 13.9 Å². The lowest BCUT2D eigenvalue weighted by Crippen LogP contribution is -1.99. The van der Waals surface area contributed by atoms with Crippen molar-refractivity contribution in [1.82, 2.24) is 0 Å². The summed E-state index contributed by atoms with van der Waals surface area (Å²) in [4.78, 5) is 10.5. The Labute approximate surface area is 75.3 Å². The van der Waals surface area contributed by atoms with Crippen molar-refractivity contribution in [3.63, 3.8) is 0 Å². The molecule has 2 nitrogen and oxygen atoms in total. The molecule has 3 heteroatoms. The maximum absolute atomic E-state index is 12.8. The molecule has 1 aromatic rings. The molecule has 2 rings (SSSR count). The maximum Gasteiger partial charge on any atom is 0.153 e. The molecule has 68 valence electrons. The van der Waals surface area contributed by atoms with Gasteiger partial charge in [-0.05, 0) is 25.0 Å². The van der Waals surface area contributed by atoms with Gasteiger partial charge in [0.05, 0.1) is 11.7 Å². The average Bonchev–Trinajstić information content (AvgIpc) is 2.89. The van der Waals surface area contributed by atoms with E-state index in [2.05, 4.69) is 0 Å². The van der Waals surface area contributed by atoms with Gasteiger partial charge in [0.2, 0.25) is 0 Å². The SMILES string of the molecule is O=Cc1ccc(F)cc1OC1CC1. The highest BCUT2D eigenvalue weighted by atomic mass is 19.1. The van der Waals surface area contributed by atoms with Crippen molar-refractivity contribution in [2.75, 3.05) is 0 Å². The predicted molar refractivity (Wildman–Crippen MR) is 45.4 cm³/mol. The van der Waals surface area contributed by atoms with Crippen molar-refractivity contribution in [1.29, 1.82) is 0 Å². The van der Waals surface area contributed by atoms with Crippen LogP contribution in [0.1, 0.15) is 23.2 Å². The molecule has 1 saturated carbocycles. The lowest BCUT2D eigenvalue weighted by Gasteiger charge is -2.06. The fourth-order valence-corrected chi connectivity index (χ4v) is 1.07. The van der Waals surface area contributed by atoms with Crippen LogP contribution in [-0.2, 0) is 0 Å². The van der Waals surface area contributed by atoms with Gasteiger partial charge in [0, 0.05) is 6.07 Å². The summed E-state index contributed by atoms with van der Waals surface area (Å²) in [6, 6.07) is 3.94. The van der Waals surface area contributed by atoms with Crippen molar-refractivity contribution in [2.45, 2.75) is 18.9 Å². The Morgan fingerprint density at radius 3 is 2.85 bits per heavy atom. The van der Waals surface area contributed by atoms with Crippen molar-refractivity contribution in [3.05, 3.63) is 29.6 Å². The molecular formula is C10H9FO2. The summed E-state index contributed by atoms with van der Waals surface area (Å²) in [7, 11) is 0. The van der Waals surface area contributed by atoms with Gasteiger partial charge < -0.3 is 4.74 Å². The number of halogens is 1. The summed E-state index contributed by atoms with van der Waals surface area (Å²) in [6.45, 7) is 0. The molecule has 13 heavy (non-hydrogen) atoms. The molecule has 0 bridgehead atoms. The minimum atomic E-state index is -0.374. The number of hydrogen-bond donors (Lipinski definition) is 0. The molecule has 1 fully saturated rings. The largest absolute Gasteiger partial charge is 0.490 e. The lowest BCUT2D eigenvalue weighted by atomic mass is 10.2. The Morgan fingerprint density at radius 2 is 2.23 bits per heavy atom. The van der Waals surface area contributed by atoms with Crippen molar-refractivity contribution in [2.24, 2.45) is 0 Å². The summed E-state index contributed by atoms with van der Waals surface area (Å²) in [6.07, 6.45) is 2.85. The first-order chi connectivity index (χ1) is 6.29. The second-order valence-electron chi connectivity index (χ2n) is 3.12. The molecular weight excluding hydrogens is 171 g/mol. The zero-order valence-electron chi connectivity index (χ0n) is 7.00. The first-order valence-corrected chi connectivity index (χ1v) is 4.21. The second-order valence-corrected chi connectivity index (χ2v) is 3.12. The highest BCUT2D eigenvalue weighted by Crippen LogP contribution is 2.28. The van der Waals surface area contributed by atoms with Gasteiger partial charge in [0.25, 0.3) is 0 Å². The van der Waals surface area contributed by atoms with E-state index < -0.39 is 0 Å². The number of rotatable bonds is 3. The number of hydrogen-bond acceptors (Lipinski definition) is 2. The molecule has 1 aliphatic carbocycles. The van der Waals surface area contributed by atoms with E-state index in [1.807, 2.05) is 0 Å². The van der Waals surface area contributed by atoms with E-state index in [0.29, 0.717) is 17.6 Å². The van der Waals surface area contributed by atoms with Crippen LogP contribution in [0, 0.1) is 5.82 Å². The number of carbonyl (C=O) groups excluding carboxylic acids is 1. The van der Waals surface area contributed by atoms with Gasteiger partial charge in [-0.15, -0.1) is 0 Å². The average molecular weight is 180 g/mol. The van der Waals surface area contributed by atoms with Crippen LogP contribution < -0.4 is 4.74 Å². The molecule has 0 spiro atoms. The third-order valence-corrected chi connectivity index (χ3v) is 1.92. The Bertz CT molecular complexity index is 332. The topological polar surface area (TPSA) is 26.3 Å². The van der Waals surface area contributed by atoms with E-state index >= 15 is 0 Å². The van der Waals surface area contributed by atoms with Gasteiger partial charge >= 0.3 is 0 Å². The fourth-order valence-electron chi connectivity index (χ4n) is 1.07. The standard InChI is InChI=1S/C10H9FO2/c11-8-2-1-7(6-12)10(5-8)13-9-3-4-9/h1-2,5-6,9H,3-4H2. The lowest BCUT2D eigenvalue weighted by molar-refractivity contribution is 0.111. The normalized spacial score (nSPS) is 15.5. The number of benzene rings is 1. The Kier molecular flexibility index (Phi) is 2.00. The van der Waals surface area contributed by atoms with Crippen LogP contribution in [-0.4, -0.2) is 12.4 Å². The van der Waals surface area contributed by atoms with Crippen LogP contribution >= 0.6 is 0 Å². The molecule has 0 radical (unpaired) electrons. The third-order valence-electron chi connectivity index (χ3n) is 1.92. The molecule has 0 amide bonds. The van der Waals surface area contributed by atoms with Gasteiger partial charge in [-0.25, -0.2) is 4.39 Å². The van der Waals surface area contributed by atoms with Crippen LogP contribution in [0.5, 0.6) is 5.75 Å². The number of aldehydes is 1. The molecule has 0 heterocycles. The van der Waals surface area contributed by atoms with Crippen LogP contribution in [0.3, 0.4) is 0 Å². The number of ether oxygens (including phenoxy) is 1. The van der Waals surface area contributed by atoms with E-state index in [1.165, 1.54) is 18.2 Å². The van der Waals surface area contributed by atoms with E-state index in [4.69, 9.17) is 4.74 Å². The van der Waals surface area contributed by atoms with Gasteiger partial charge in [0.1, 0.15) is 11.6 Å². The third kappa shape index (κ3) is 1.86. The van der Waals surface area contributed by atoms with Crippen molar-refractivity contribution >= 4 is 6.29 Å². The van der Waals surface area contributed by atoms with Crippen molar-refractivity contribution in [3.8, 4) is 5.75 Å². The Morgan fingerprint density at radius 1 is 1.46 bits per heavy atom. The summed E-state index contributed by atoms with van der Waals surface area (Å²) in [5.41, 5.74) is 0.410. The Balaban J connectivity index is 2.27. The van der Waals surface area contributed by atoms with E-state index in [9.17, 15) is 9.18 Å². The highest BCUT2D eigenvalue weighted by molar-refractivity contribution is 5.79. The van der Waals surface area contributed by atoms with Crippen LogP contribution in [0.15, 0.2) is 18.2 Å². The smallest absolute Gasteiger partial charge is 0.153 e. The summed E-state index contributed by atoms with van der Waals surface area (Å²) in [5.74, 6) is -0.0150. The zero-order valence-corrected chi connectivity index (χ0v) is 7.00. The summed E-state index contributed by atoms with van der Waals surface area (Å²) < 4.78 is 18.1. The quantitative estimate of drug-likeness (QED) is 0.666. The van der Waals surface area contributed by atoms with E-state index in [0.717, 1.165) is 12.8 Å². The second kappa shape index (κ2) is 3.17. The van der Waals surface area contributed by atoms with Crippen LogP contribution in [0.4, 0.5) is 4.39 Å². The van der Waals surface area contributed by atoms with Crippen LogP contribution in [0.2, 0.25) is 0 Å². The summed E-state index contributed by atoms with van der Waals surface area (Å²) >= 11 is 0. The first kappa shape index (κ1) is 8.23. The molecule has 0 aromatic heterocycles. The van der Waals surface area contributed by atoms with E-state index in [1.54, 1.807) is 0 Å². The monoisotopic (exact) mass is 180 g/mol. The van der Waals surface area contributed by atoms with Gasteiger partial charge in [0.15, 0.2) is 6.29 Å². The number of carbonyl (C=O) groups is 1. The minimum absolute atomic E-state index is 0.181. The molecule has 1 aliphatic rings. The minimum Gasteiger partial charge on any atom is -0.490 e. The molecule has 0 aliphatic heterocycles. The molecule has 1 aromatic carbocycles. The molecule has 0 unspecified atom stereocenters. The highest BCUT2D eigenvalue weighted by Gasteiger charge is 2.24. The first-order valence-electron chi connectivity index (χ1n) is 4.21. The fraction of sp³-hybridized carbons (Fsp3) is 0.300. The molecule has 0 N–H and O–H groups in total. The van der Waals surface area contributed by atoms with Gasteiger partial charge in [-0.2, -0.15) is 0 Å². The van der Waals surface area contributed by atoms with Gasteiger partial charge in [-0.3, -0.25) is 4.79 Å². The maximum atomic E-state index is 12.8. The summed E-state index contributed by atoms with van der Waals surface area (Å²) in [5, 5.41) is 0. The molecule has 0 saturated heterocycles. The van der Waals surface area contributed by atoms with Crippen LogP contribution in [0.25, 0.3) is 0 Å². The van der Waals surface area contributed by atoms with E-state index in [-0.39, 0.29) is 11.9 Å². The van der Waals surface area contributed by atoms with Gasteiger partial charge in [-0.1, -0.05) is 0 Å². The molecule has 0 atom stereocenters. The Hall–Kier alpha value is -1.38.